The van der Waals surface area contributed by atoms with Crippen molar-refractivity contribution < 1.29 is 27.5 Å². The Balaban J connectivity index is 1.44. The van der Waals surface area contributed by atoms with E-state index in [0.29, 0.717) is 68.5 Å². The molecule has 0 aliphatic carbocycles. The highest BCUT2D eigenvalue weighted by Crippen LogP contribution is 2.52. The summed E-state index contributed by atoms with van der Waals surface area (Å²) >= 11 is 6.73. The molecule has 1 unspecified atom stereocenters. The molecule has 3 heterocycles. The van der Waals surface area contributed by atoms with E-state index in [4.69, 9.17) is 16.3 Å². The van der Waals surface area contributed by atoms with Crippen LogP contribution < -0.4 is 4.90 Å². The Morgan fingerprint density at radius 3 is 2.33 bits per heavy atom. The minimum atomic E-state index is -4.46. The molecule has 2 fully saturated rings. The third-order valence-corrected chi connectivity index (χ3v) is 8.50. The predicted molar refractivity (Wildman–Crippen MR) is 143 cm³/mol. The minimum Gasteiger partial charge on any atom is -0.379 e. The molecule has 0 N–H and O–H groups in total. The van der Waals surface area contributed by atoms with Crippen LogP contribution >= 0.6 is 11.6 Å². The van der Waals surface area contributed by atoms with Crippen molar-refractivity contribution in [2.45, 2.75) is 49.9 Å². The molecule has 2 aromatic carbocycles. The molecule has 0 radical (unpaired) electrons. The van der Waals surface area contributed by atoms with E-state index >= 15 is 0 Å². The van der Waals surface area contributed by atoms with Gasteiger partial charge in [0.15, 0.2) is 5.78 Å². The van der Waals surface area contributed by atoms with E-state index in [1.165, 1.54) is 10.5 Å². The lowest BCUT2D eigenvalue weighted by atomic mass is 9.73. The fourth-order valence-electron chi connectivity index (χ4n) is 6.13. The molecular formula is C29H33ClF3N3O3. The number of rotatable bonds is 8. The van der Waals surface area contributed by atoms with E-state index in [1.807, 2.05) is 23.1 Å². The highest BCUT2D eigenvalue weighted by molar-refractivity contribution is 6.33. The highest BCUT2D eigenvalue weighted by Gasteiger charge is 2.55. The summed E-state index contributed by atoms with van der Waals surface area (Å²) in [5.41, 5.74) is 1.52. The van der Waals surface area contributed by atoms with Crippen molar-refractivity contribution in [3.05, 3.63) is 64.7 Å². The number of likely N-dealkylation sites (tertiary alicyclic amines) is 1. The Kier molecular flexibility index (Phi) is 8.33. The molecule has 39 heavy (non-hydrogen) atoms. The highest BCUT2D eigenvalue weighted by atomic mass is 35.5. The molecule has 3 aliphatic heterocycles. The molecule has 1 atom stereocenters. The second-order valence-electron chi connectivity index (χ2n) is 10.7. The molecule has 0 aromatic heterocycles. The Labute approximate surface area is 231 Å². The number of nitrogens with zero attached hydrogens (tertiary/aromatic N) is 3. The van der Waals surface area contributed by atoms with Gasteiger partial charge in [-0.25, -0.2) is 0 Å². The Bertz CT molecular complexity index is 1180. The molecule has 210 valence electrons. The zero-order valence-electron chi connectivity index (χ0n) is 21.8. The molecule has 1 amide bonds. The first-order valence-electron chi connectivity index (χ1n) is 13.5. The molecule has 1 spiro atoms. The monoisotopic (exact) mass is 563 g/mol. The second-order valence-corrected chi connectivity index (χ2v) is 11.1. The first-order chi connectivity index (χ1) is 18.7. The number of fused-ring (bicyclic) bond motifs is 2. The smallest absolute Gasteiger partial charge is 0.379 e. The largest absolute Gasteiger partial charge is 0.389 e. The maximum atomic E-state index is 14.4. The van der Waals surface area contributed by atoms with Crippen LogP contribution in [0.5, 0.6) is 0 Å². The van der Waals surface area contributed by atoms with Gasteiger partial charge in [0.25, 0.3) is 0 Å². The summed E-state index contributed by atoms with van der Waals surface area (Å²) in [4.78, 5) is 33.6. The van der Waals surface area contributed by atoms with Crippen molar-refractivity contribution in [3.8, 4) is 0 Å². The topological polar surface area (TPSA) is 53.1 Å². The first-order valence-corrected chi connectivity index (χ1v) is 13.8. The van der Waals surface area contributed by atoms with Crippen molar-refractivity contribution in [2.24, 2.45) is 0 Å². The van der Waals surface area contributed by atoms with Crippen molar-refractivity contribution in [1.29, 1.82) is 0 Å². The molecule has 6 nitrogen and oxygen atoms in total. The number of ether oxygens (including phenoxy) is 1. The number of halogens is 4. The maximum absolute atomic E-state index is 14.4. The number of carbonyl (C=O) groups is 2. The zero-order chi connectivity index (χ0) is 27.6. The van der Waals surface area contributed by atoms with E-state index < -0.39 is 36.3 Å². The molecular weight excluding hydrogens is 531 g/mol. The summed E-state index contributed by atoms with van der Waals surface area (Å²) in [6.07, 6.45) is -5.30. The number of morpholine rings is 1. The van der Waals surface area contributed by atoms with Gasteiger partial charge in [-0.1, -0.05) is 48.0 Å². The van der Waals surface area contributed by atoms with Crippen LogP contribution in [0.4, 0.5) is 18.9 Å². The number of hydrogen-bond donors (Lipinski definition) is 0. The van der Waals surface area contributed by atoms with E-state index in [-0.39, 0.29) is 12.5 Å². The van der Waals surface area contributed by atoms with Gasteiger partial charge >= 0.3 is 6.18 Å². The quantitative estimate of drug-likeness (QED) is 0.460. The number of alkyl halides is 3. The molecule has 0 bridgehead atoms. The average Bonchev–Trinajstić information content (AvgIpc) is 3.16. The van der Waals surface area contributed by atoms with Crippen molar-refractivity contribution in [3.63, 3.8) is 0 Å². The van der Waals surface area contributed by atoms with Crippen LogP contribution in [0.1, 0.15) is 36.8 Å². The summed E-state index contributed by atoms with van der Waals surface area (Å²) in [5.74, 6) is -0.819. The molecule has 2 aromatic rings. The fourth-order valence-corrected chi connectivity index (χ4v) is 6.48. The Morgan fingerprint density at radius 1 is 0.974 bits per heavy atom. The molecule has 10 heteroatoms. The number of hydrogen-bond acceptors (Lipinski definition) is 5. The van der Waals surface area contributed by atoms with E-state index in [1.54, 1.807) is 18.2 Å². The van der Waals surface area contributed by atoms with E-state index in [0.717, 1.165) is 6.54 Å². The van der Waals surface area contributed by atoms with Crippen LogP contribution in [0.25, 0.3) is 0 Å². The Hall–Kier alpha value is -2.46. The van der Waals surface area contributed by atoms with Crippen molar-refractivity contribution in [2.75, 3.05) is 50.8 Å². The number of ketones is 1. The van der Waals surface area contributed by atoms with Gasteiger partial charge < -0.3 is 4.74 Å². The number of amides is 1. The van der Waals surface area contributed by atoms with Gasteiger partial charge in [0.05, 0.1) is 30.7 Å². The Morgan fingerprint density at radius 2 is 1.67 bits per heavy atom. The third-order valence-electron chi connectivity index (χ3n) is 8.19. The van der Waals surface area contributed by atoms with Crippen LogP contribution in [-0.2, 0) is 26.3 Å². The van der Waals surface area contributed by atoms with Crippen LogP contribution in [0.3, 0.4) is 0 Å². The van der Waals surface area contributed by atoms with Crippen LogP contribution in [0, 0.1) is 0 Å². The van der Waals surface area contributed by atoms with E-state index in [9.17, 15) is 22.8 Å². The van der Waals surface area contributed by atoms with Crippen LogP contribution in [0.15, 0.2) is 48.5 Å². The summed E-state index contributed by atoms with van der Waals surface area (Å²) < 4.78 is 44.7. The molecule has 3 aliphatic rings. The van der Waals surface area contributed by atoms with Crippen LogP contribution in [0.2, 0.25) is 5.02 Å². The number of benzene rings is 2. The van der Waals surface area contributed by atoms with Crippen molar-refractivity contribution >= 4 is 29.0 Å². The predicted octanol–water partition coefficient (Wildman–Crippen LogP) is 4.83. The maximum Gasteiger partial charge on any atom is 0.389 e. The standard InChI is InChI=1S/C29H33ClF3N3O3/c30-22-7-4-8-23-26(22)28(11-13-34(14-12-28)19-21-5-2-1-3-6-21)27(38)36(23)24(20-35-15-17-39-18-16-35)25(37)9-10-29(31,32)33/h1-8,24H,9-20H2. The van der Waals surface area contributed by atoms with Gasteiger partial charge in [-0.05, 0) is 43.6 Å². The van der Waals surface area contributed by atoms with Gasteiger partial charge in [0, 0.05) is 43.2 Å². The first kappa shape index (κ1) is 28.1. The summed E-state index contributed by atoms with van der Waals surface area (Å²) in [7, 11) is 0. The molecule has 2 saturated heterocycles. The van der Waals surface area contributed by atoms with E-state index in [2.05, 4.69) is 17.0 Å². The minimum absolute atomic E-state index is 0.161. The summed E-state index contributed by atoms with van der Waals surface area (Å²) in [6, 6.07) is 14.3. The van der Waals surface area contributed by atoms with Crippen molar-refractivity contribution in [1.82, 2.24) is 9.80 Å². The SMILES string of the molecule is O=C(CCC(F)(F)F)C(CN1CCOCC1)N1C(=O)C2(CCN(Cc3ccccc3)CC2)c2c(Cl)cccc21. The fraction of sp³-hybridized carbons (Fsp3) is 0.517. The lowest BCUT2D eigenvalue weighted by molar-refractivity contribution is -0.144. The van der Waals surface area contributed by atoms with Gasteiger partial charge in [0.1, 0.15) is 6.04 Å². The third kappa shape index (κ3) is 6.01. The lowest BCUT2D eigenvalue weighted by Crippen LogP contribution is -2.56. The van der Waals surface area contributed by atoms with Crippen LogP contribution in [-0.4, -0.2) is 79.6 Å². The van der Waals surface area contributed by atoms with Gasteiger partial charge in [-0.2, -0.15) is 13.2 Å². The second kappa shape index (κ2) is 11.6. The summed E-state index contributed by atoms with van der Waals surface area (Å²) in [6.45, 7) is 4.29. The summed E-state index contributed by atoms with van der Waals surface area (Å²) in [5, 5.41) is 0.452. The number of carbonyl (C=O) groups excluding carboxylic acids is 2. The molecule has 5 rings (SSSR count). The average molecular weight is 564 g/mol. The number of piperidine rings is 1. The number of Topliss-reactive ketones (excluding diaryl/α,β-unsaturated/α-hetero) is 1. The molecule has 0 saturated carbocycles. The van der Waals surface area contributed by atoms with Gasteiger partial charge in [-0.3, -0.25) is 24.3 Å². The number of anilines is 1. The van der Waals surface area contributed by atoms with Gasteiger partial charge in [-0.15, -0.1) is 0 Å². The normalized spacial score (nSPS) is 20.8. The van der Waals surface area contributed by atoms with Gasteiger partial charge in [0.2, 0.25) is 5.91 Å². The lowest BCUT2D eigenvalue weighted by Gasteiger charge is -2.40. The zero-order valence-corrected chi connectivity index (χ0v) is 22.5.